The van der Waals surface area contributed by atoms with Gasteiger partial charge in [-0.3, -0.25) is 14.6 Å². The molecule has 2 aromatic rings. The highest BCUT2D eigenvalue weighted by molar-refractivity contribution is 8.19. The molecular weight excluding hydrogens is 420 g/mol. The quantitative estimate of drug-likeness (QED) is 0.530. The topological polar surface area (TPSA) is 86.4 Å². The molecule has 1 unspecified atom stereocenters. The molecule has 1 aromatic heterocycles. The van der Waals surface area contributed by atoms with E-state index >= 15 is 0 Å². The molecule has 8 heteroatoms. The summed E-state index contributed by atoms with van der Waals surface area (Å²) in [6.45, 7) is 1.06. The van der Waals surface area contributed by atoms with E-state index in [1.54, 1.807) is 59.8 Å². The second-order valence-corrected chi connectivity index (χ2v) is 8.39. The Labute approximate surface area is 183 Å². The van der Waals surface area contributed by atoms with Gasteiger partial charge in [0.25, 0.3) is 5.91 Å². The maximum Gasteiger partial charge on any atom is 0.257 e. The van der Waals surface area contributed by atoms with Crippen LogP contribution in [0.4, 0.5) is 5.69 Å². The Morgan fingerprint density at radius 3 is 2.60 bits per heavy atom. The molecule has 2 saturated heterocycles. The van der Waals surface area contributed by atoms with Gasteiger partial charge in [-0.2, -0.15) is 5.26 Å². The summed E-state index contributed by atoms with van der Waals surface area (Å²) < 4.78 is 0. The van der Waals surface area contributed by atoms with Gasteiger partial charge in [-0.15, -0.1) is 0 Å². The van der Waals surface area contributed by atoms with Crippen LogP contribution in [-0.2, 0) is 9.59 Å². The predicted molar refractivity (Wildman–Crippen MR) is 117 cm³/mol. The number of nitrogens with zero attached hydrogens (tertiary/aromatic N) is 4. The van der Waals surface area contributed by atoms with Gasteiger partial charge < -0.3 is 4.90 Å². The summed E-state index contributed by atoms with van der Waals surface area (Å²) in [6.07, 6.45) is 6.59. The van der Waals surface area contributed by atoms with Crippen molar-refractivity contribution in [3.05, 3.63) is 64.3 Å². The number of nitriles is 1. The molecule has 2 aliphatic rings. The number of Topliss-reactive ketones (excluding diaryl/α,β-unsaturated/α-hetero) is 1. The van der Waals surface area contributed by atoms with Gasteiger partial charge in [-0.05, 0) is 48.7 Å². The van der Waals surface area contributed by atoms with E-state index in [4.69, 9.17) is 11.6 Å². The predicted octanol–water partition coefficient (Wildman–Crippen LogP) is 4.25. The number of allylic oxidation sites excluding steroid dienone is 1. The monoisotopic (exact) mass is 436 g/mol. The molecule has 1 amide bonds. The first-order valence-electron chi connectivity index (χ1n) is 9.45. The van der Waals surface area contributed by atoms with Crippen LogP contribution in [0, 0.1) is 16.7 Å². The molecule has 0 saturated carbocycles. The molecule has 4 rings (SSSR count). The average Bonchev–Trinajstić information content (AvgIpc) is 3.38. The van der Waals surface area contributed by atoms with E-state index in [1.165, 1.54) is 0 Å². The van der Waals surface area contributed by atoms with E-state index in [1.807, 2.05) is 6.07 Å². The van der Waals surface area contributed by atoms with Crippen molar-refractivity contribution in [2.75, 3.05) is 13.1 Å². The van der Waals surface area contributed by atoms with Gasteiger partial charge in [0.2, 0.25) is 11.2 Å². The Bertz CT molecular complexity index is 1100. The van der Waals surface area contributed by atoms with Gasteiger partial charge >= 0.3 is 0 Å². The first-order chi connectivity index (χ1) is 14.6. The van der Waals surface area contributed by atoms with Gasteiger partial charge in [0.05, 0.1) is 21.7 Å². The Hall–Kier alpha value is -2.95. The minimum Gasteiger partial charge on any atom is -0.341 e. The molecule has 0 radical (unpaired) electrons. The lowest BCUT2D eigenvalue weighted by Crippen LogP contribution is -2.48. The number of thioether (sulfide) groups is 1. The Balaban J connectivity index is 1.85. The smallest absolute Gasteiger partial charge is 0.257 e. The summed E-state index contributed by atoms with van der Waals surface area (Å²) in [4.78, 5) is 37.2. The van der Waals surface area contributed by atoms with Crippen molar-refractivity contribution in [3.63, 3.8) is 0 Å². The number of benzene rings is 1. The highest BCUT2D eigenvalue weighted by Crippen LogP contribution is 2.47. The molecule has 1 aromatic carbocycles. The largest absolute Gasteiger partial charge is 0.341 e. The van der Waals surface area contributed by atoms with E-state index in [9.17, 15) is 14.9 Å². The summed E-state index contributed by atoms with van der Waals surface area (Å²) in [5, 5.41) is 10.7. The van der Waals surface area contributed by atoms with Crippen molar-refractivity contribution in [1.82, 2.24) is 9.88 Å². The summed E-state index contributed by atoms with van der Waals surface area (Å²) >= 11 is 7.30. The number of amides is 1. The molecular formula is C22H17ClN4O2S. The zero-order valence-corrected chi connectivity index (χ0v) is 17.5. The number of hydrogen-bond acceptors (Lipinski definition) is 6. The summed E-state index contributed by atoms with van der Waals surface area (Å²) in [7, 11) is 0. The van der Waals surface area contributed by atoms with Crippen molar-refractivity contribution >= 4 is 51.9 Å². The third-order valence-electron chi connectivity index (χ3n) is 5.05. The van der Waals surface area contributed by atoms with E-state index in [0.717, 1.165) is 30.2 Å². The second-order valence-electron chi connectivity index (χ2n) is 6.95. The number of carbonyl (C=O) groups excluding carboxylic acids is 2. The second kappa shape index (κ2) is 8.42. The molecule has 30 heavy (non-hydrogen) atoms. The number of pyridine rings is 1. The van der Waals surface area contributed by atoms with E-state index in [2.05, 4.69) is 9.98 Å². The van der Waals surface area contributed by atoms with Crippen LogP contribution in [-0.4, -0.2) is 39.7 Å². The summed E-state index contributed by atoms with van der Waals surface area (Å²) in [5.41, 5.74) is -0.832. The van der Waals surface area contributed by atoms with Crippen molar-refractivity contribution in [1.29, 1.82) is 5.26 Å². The third-order valence-corrected chi connectivity index (χ3v) is 6.49. The number of para-hydroxylation sites is 1. The summed E-state index contributed by atoms with van der Waals surface area (Å²) in [6, 6.07) is 12.4. The van der Waals surface area contributed by atoms with Crippen LogP contribution in [0.15, 0.2) is 58.7 Å². The molecule has 2 aliphatic heterocycles. The zero-order chi connectivity index (χ0) is 21.1. The van der Waals surface area contributed by atoms with Crippen LogP contribution in [0.2, 0.25) is 5.02 Å². The number of hydrogen-bond donors (Lipinski definition) is 0. The van der Waals surface area contributed by atoms with Gasteiger partial charge in [0, 0.05) is 25.5 Å². The van der Waals surface area contributed by atoms with Crippen LogP contribution < -0.4 is 0 Å². The minimum absolute atomic E-state index is 0.139. The molecule has 0 bridgehead atoms. The van der Waals surface area contributed by atoms with Gasteiger partial charge in [-0.1, -0.05) is 35.5 Å². The first-order valence-corrected chi connectivity index (χ1v) is 10.6. The Morgan fingerprint density at radius 2 is 1.93 bits per heavy atom. The standard InChI is InChI=1S/C22H17ClN4O2S/c23-16-5-1-2-6-17(16)26-20-22(14-24,21(29)27-11-3-4-12-27)19(28)18(30-20)13-15-7-9-25-10-8-15/h1-2,5-10,13H,3-4,11-12H2/b18-13+,26-20?. The van der Waals surface area contributed by atoms with Crippen LogP contribution in [0.3, 0.4) is 0 Å². The highest BCUT2D eigenvalue weighted by atomic mass is 35.5. The number of aromatic nitrogens is 1. The lowest BCUT2D eigenvalue weighted by molar-refractivity contribution is -0.139. The number of ketones is 1. The number of rotatable bonds is 3. The molecule has 3 heterocycles. The number of aliphatic imine (C=N–C) groups is 1. The molecule has 1 atom stereocenters. The molecule has 2 fully saturated rings. The molecule has 6 nitrogen and oxygen atoms in total. The van der Waals surface area contributed by atoms with Gasteiger partial charge in [-0.25, -0.2) is 4.99 Å². The average molecular weight is 437 g/mol. The molecule has 150 valence electrons. The fraction of sp³-hybridized carbons (Fsp3) is 0.227. The SMILES string of the molecule is N#CC1(C(=O)N2CCCC2)C(=O)/C(=C\c2ccncc2)SC1=Nc1ccccc1Cl. The number of carbonyl (C=O) groups is 2. The van der Waals surface area contributed by atoms with Crippen molar-refractivity contribution < 1.29 is 9.59 Å². The Kier molecular flexibility index (Phi) is 5.71. The van der Waals surface area contributed by atoms with Crippen LogP contribution >= 0.6 is 23.4 Å². The highest BCUT2D eigenvalue weighted by Gasteiger charge is 2.59. The van der Waals surface area contributed by atoms with Crippen molar-refractivity contribution in [2.24, 2.45) is 10.4 Å². The van der Waals surface area contributed by atoms with Crippen molar-refractivity contribution in [3.8, 4) is 6.07 Å². The molecule has 0 N–H and O–H groups in total. The number of likely N-dealkylation sites (tertiary alicyclic amines) is 1. The molecule has 0 aliphatic carbocycles. The molecule has 0 spiro atoms. The third kappa shape index (κ3) is 3.53. The van der Waals surface area contributed by atoms with E-state index in [-0.39, 0.29) is 5.04 Å². The fourth-order valence-electron chi connectivity index (χ4n) is 3.47. The van der Waals surface area contributed by atoms with Crippen molar-refractivity contribution in [2.45, 2.75) is 12.8 Å². The maximum absolute atomic E-state index is 13.5. The fourth-order valence-corrected chi connectivity index (χ4v) is 4.82. The van der Waals surface area contributed by atoms with Crippen LogP contribution in [0.5, 0.6) is 0 Å². The maximum atomic E-state index is 13.5. The minimum atomic E-state index is -1.99. The zero-order valence-electron chi connectivity index (χ0n) is 15.9. The normalized spacial score (nSPS) is 23.9. The van der Waals surface area contributed by atoms with E-state index in [0.29, 0.717) is 28.7 Å². The first kappa shape index (κ1) is 20.3. The lowest BCUT2D eigenvalue weighted by atomic mass is 9.84. The van der Waals surface area contributed by atoms with Crippen LogP contribution in [0.25, 0.3) is 6.08 Å². The van der Waals surface area contributed by atoms with Gasteiger partial charge in [0.15, 0.2) is 0 Å². The van der Waals surface area contributed by atoms with Gasteiger partial charge in [0.1, 0.15) is 5.04 Å². The van der Waals surface area contributed by atoms with Crippen LogP contribution in [0.1, 0.15) is 18.4 Å². The van der Waals surface area contributed by atoms with E-state index < -0.39 is 17.1 Å². The Morgan fingerprint density at radius 1 is 1.23 bits per heavy atom. The number of halogens is 1. The lowest BCUT2D eigenvalue weighted by Gasteiger charge is -2.24. The summed E-state index contributed by atoms with van der Waals surface area (Å²) in [5.74, 6) is -1.06.